The van der Waals surface area contributed by atoms with Gasteiger partial charge in [0.05, 0.1) is 24.2 Å². The Morgan fingerprint density at radius 2 is 1.02 bits per heavy atom. The summed E-state index contributed by atoms with van der Waals surface area (Å²) < 4.78 is 0. The van der Waals surface area contributed by atoms with E-state index in [1.165, 1.54) is 44.9 Å². The average Bonchev–Trinajstić information content (AvgIpc) is 3.74. The zero-order valence-electron chi connectivity index (χ0n) is 34.8. The predicted molar refractivity (Wildman–Crippen MR) is 207 cm³/mol. The van der Waals surface area contributed by atoms with E-state index in [1.54, 1.807) is 27.7 Å². The minimum absolute atomic E-state index is 0.171. The van der Waals surface area contributed by atoms with Crippen molar-refractivity contribution >= 4 is 23.1 Å². The van der Waals surface area contributed by atoms with Gasteiger partial charge < -0.3 is 0 Å². The highest BCUT2D eigenvalue weighted by Gasteiger charge is 2.40. The van der Waals surface area contributed by atoms with Crippen LogP contribution in [0.3, 0.4) is 0 Å². The molecule has 11 unspecified atom stereocenters. The van der Waals surface area contributed by atoms with Crippen LogP contribution in [0.25, 0.3) is 0 Å². The lowest BCUT2D eigenvalue weighted by molar-refractivity contribution is -0.122. The lowest BCUT2D eigenvalue weighted by Gasteiger charge is -2.33. The zero-order chi connectivity index (χ0) is 38.0. The van der Waals surface area contributed by atoms with Crippen molar-refractivity contribution in [3.63, 3.8) is 0 Å². The Hall–Kier alpha value is -1.48. The number of carbonyl (C=O) groups excluding carboxylic acids is 4. The summed E-state index contributed by atoms with van der Waals surface area (Å²) in [5.74, 6) is 5.87. The largest absolute Gasteiger partial charge is 0.298 e. The molecule has 5 aliphatic rings. The van der Waals surface area contributed by atoms with E-state index in [0.717, 1.165) is 38.4 Å². The van der Waals surface area contributed by atoms with E-state index < -0.39 is 0 Å². The third-order valence-electron chi connectivity index (χ3n) is 13.5. The van der Waals surface area contributed by atoms with Crippen molar-refractivity contribution in [1.29, 1.82) is 0 Å². The average molecular weight is 703 g/mol. The number of rotatable bonds is 7. The fourth-order valence-electron chi connectivity index (χ4n) is 10.7. The lowest BCUT2D eigenvalue weighted by atomic mass is 9.83. The molecule has 4 saturated heterocycles. The molecule has 0 amide bonds. The van der Waals surface area contributed by atoms with Crippen LogP contribution in [0.5, 0.6) is 0 Å². The molecule has 0 spiro atoms. The van der Waals surface area contributed by atoms with Crippen molar-refractivity contribution in [1.82, 2.24) is 19.6 Å². The summed E-state index contributed by atoms with van der Waals surface area (Å²) in [4.78, 5) is 54.1. The van der Waals surface area contributed by atoms with E-state index in [4.69, 9.17) is 0 Å². The topological polar surface area (TPSA) is 81.2 Å². The molecule has 1 aliphatic carbocycles. The quantitative estimate of drug-likeness (QED) is 0.284. The number of hydrogen-bond acceptors (Lipinski definition) is 8. The Morgan fingerprint density at radius 1 is 0.540 bits per heavy atom. The van der Waals surface area contributed by atoms with Gasteiger partial charge in [-0.15, -0.1) is 0 Å². The Bertz CT molecular complexity index is 1090. The molecule has 8 nitrogen and oxygen atoms in total. The molecule has 11 atom stereocenters. The van der Waals surface area contributed by atoms with Crippen LogP contribution >= 0.6 is 0 Å². The van der Waals surface area contributed by atoms with Crippen LogP contribution < -0.4 is 0 Å². The molecule has 0 radical (unpaired) electrons. The monoisotopic (exact) mass is 703 g/mol. The standard InChI is InChI=1S/C13H23NO.2C10H19NO.C9H17NO/c1-10(15)12-8-9-13(14(12)2)11-6-4-3-5-7-11;1-5-9-6-11(4)10(7(9)2)8(3)12;1-5-9-7(2)6-11(4)10(9)8(3)12;1-6-5-10(4)9(7(6)2)8(3)11/h11-13H,3-9H2,1-2H3;2*7,9-10H,5-6H2,1-4H3;6-7,9H,5H2,1-4H3. The first kappa shape index (κ1) is 44.7. The lowest BCUT2D eigenvalue weighted by Crippen LogP contribution is -2.40. The number of likely N-dealkylation sites (tertiary alicyclic amines) is 4. The highest BCUT2D eigenvalue weighted by Crippen LogP contribution is 2.36. The molecule has 5 rings (SSSR count). The summed E-state index contributed by atoms with van der Waals surface area (Å²) in [7, 11) is 8.29. The van der Waals surface area contributed by atoms with Gasteiger partial charge >= 0.3 is 0 Å². The maximum absolute atomic E-state index is 11.4. The maximum atomic E-state index is 11.4. The van der Waals surface area contributed by atoms with Crippen LogP contribution in [0.1, 0.15) is 127 Å². The second kappa shape index (κ2) is 20.7. The molecule has 0 aromatic rings. The smallest absolute Gasteiger partial charge is 0.147 e. The van der Waals surface area contributed by atoms with Gasteiger partial charge in [0.25, 0.3) is 0 Å². The number of ketones is 4. The van der Waals surface area contributed by atoms with Crippen LogP contribution in [-0.2, 0) is 19.2 Å². The van der Waals surface area contributed by atoms with Crippen molar-refractivity contribution in [2.75, 3.05) is 47.8 Å². The normalized spacial score (nSPS) is 36.9. The molecule has 290 valence electrons. The second-order valence-corrected chi connectivity index (χ2v) is 17.2. The molecule has 4 heterocycles. The summed E-state index contributed by atoms with van der Waals surface area (Å²) in [5.41, 5.74) is 0. The summed E-state index contributed by atoms with van der Waals surface area (Å²) in [6.45, 7) is 23.3. The van der Waals surface area contributed by atoms with Gasteiger partial charge in [0.2, 0.25) is 0 Å². The molecule has 0 aromatic carbocycles. The summed E-state index contributed by atoms with van der Waals surface area (Å²) >= 11 is 0. The van der Waals surface area contributed by atoms with Crippen molar-refractivity contribution in [2.45, 2.75) is 157 Å². The number of likely N-dealkylation sites (N-methyl/N-ethyl adjacent to an activating group) is 4. The van der Waals surface area contributed by atoms with Gasteiger partial charge in [-0.05, 0) is 123 Å². The Kier molecular flexibility index (Phi) is 18.5. The van der Waals surface area contributed by atoms with Crippen LogP contribution in [0.15, 0.2) is 0 Å². The molecule has 0 aromatic heterocycles. The van der Waals surface area contributed by atoms with E-state index in [1.807, 2.05) is 7.05 Å². The van der Waals surface area contributed by atoms with Crippen molar-refractivity contribution < 1.29 is 19.2 Å². The molecule has 1 saturated carbocycles. The van der Waals surface area contributed by atoms with Crippen molar-refractivity contribution in [2.24, 2.45) is 41.4 Å². The van der Waals surface area contributed by atoms with Gasteiger partial charge in [-0.1, -0.05) is 73.6 Å². The van der Waals surface area contributed by atoms with Gasteiger partial charge in [0.1, 0.15) is 23.1 Å². The summed E-state index contributed by atoms with van der Waals surface area (Å²) in [6.07, 6.45) is 11.6. The zero-order valence-corrected chi connectivity index (χ0v) is 34.8. The first-order valence-electron chi connectivity index (χ1n) is 20.2. The Labute approximate surface area is 307 Å². The summed E-state index contributed by atoms with van der Waals surface area (Å²) in [5, 5.41) is 0. The van der Waals surface area contributed by atoms with Crippen LogP contribution in [0.2, 0.25) is 0 Å². The minimum Gasteiger partial charge on any atom is -0.298 e. The maximum Gasteiger partial charge on any atom is 0.147 e. The van der Waals surface area contributed by atoms with E-state index >= 15 is 0 Å². The van der Waals surface area contributed by atoms with Gasteiger partial charge in [0.15, 0.2) is 0 Å². The predicted octanol–water partition coefficient (Wildman–Crippen LogP) is 6.88. The van der Waals surface area contributed by atoms with Crippen molar-refractivity contribution in [3.8, 4) is 0 Å². The third kappa shape index (κ3) is 11.5. The second-order valence-electron chi connectivity index (χ2n) is 17.2. The van der Waals surface area contributed by atoms with Crippen LogP contribution in [0, 0.1) is 41.4 Å². The third-order valence-corrected chi connectivity index (χ3v) is 13.5. The minimum atomic E-state index is 0.171. The number of hydrogen-bond donors (Lipinski definition) is 0. The van der Waals surface area contributed by atoms with Crippen LogP contribution in [0.4, 0.5) is 0 Å². The Morgan fingerprint density at radius 3 is 1.36 bits per heavy atom. The molecule has 4 aliphatic heterocycles. The van der Waals surface area contributed by atoms with Gasteiger partial charge in [-0.2, -0.15) is 0 Å². The number of carbonyl (C=O) groups is 4. The number of Topliss-reactive ketones (excluding diaryl/α,β-unsaturated/α-hetero) is 4. The molecular formula is C42H78N4O4. The van der Waals surface area contributed by atoms with Crippen molar-refractivity contribution in [3.05, 3.63) is 0 Å². The van der Waals surface area contributed by atoms with Gasteiger partial charge in [0, 0.05) is 25.7 Å². The molecular weight excluding hydrogens is 624 g/mol. The number of nitrogens with zero attached hydrogens (tertiary/aromatic N) is 4. The Balaban J connectivity index is 0.000000233. The SMILES string of the molecule is CC(=O)C1C(C)C(C)CN1C.CC(=O)C1CCC(C2CCCCC2)N1C.CCC1C(C)CN(C)C1C(C)=O.CCC1CN(C)C(C(C)=O)C1C. The first-order valence-corrected chi connectivity index (χ1v) is 20.2. The van der Waals surface area contributed by atoms with E-state index in [9.17, 15) is 19.2 Å². The highest BCUT2D eigenvalue weighted by atomic mass is 16.1. The fraction of sp³-hybridized carbons (Fsp3) is 0.905. The van der Waals surface area contributed by atoms with Gasteiger partial charge in [-0.25, -0.2) is 0 Å². The van der Waals surface area contributed by atoms with E-state index in [-0.39, 0.29) is 24.2 Å². The van der Waals surface area contributed by atoms with Crippen LogP contribution in [-0.4, -0.2) is 121 Å². The molecule has 50 heavy (non-hydrogen) atoms. The highest BCUT2D eigenvalue weighted by molar-refractivity contribution is 5.83. The fourth-order valence-corrected chi connectivity index (χ4v) is 10.7. The molecule has 8 heteroatoms. The molecule has 0 N–H and O–H groups in total. The molecule has 5 fully saturated rings. The van der Waals surface area contributed by atoms with Gasteiger partial charge in [-0.3, -0.25) is 38.8 Å². The summed E-state index contributed by atoms with van der Waals surface area (Å²) in [6, 6.07) is 1.45. The van der Waals surface area contributed by atoms with E-state index in [0.29, 0.717) is 64.7 Å². The molecule has 0 bridgehead atoms. The van der Waals surface area contributed by atoms with E-state index in [2.05, 4.69) is 82.3 Å². The first-order chi connectivity index (χ1) is 23.4.